The summed E-state index contributed by atoms with van der Waals surface area (Å²) in [6.07, 6.45) is 37.3. The van der Waals surface area contributed by atoms with Crippen molar-refractivity contribution in [2.24, 2.45) is 0 Å². The molecule has 0 spiro atoms. The second kappa shape index (κ2) is 37.7. The van der Waals surface area contributed by atoms with E-state index in [2.05, 4.69) is 130 Å². The highest BCUT2D eigenvalue weighted by molar-refractivity contribution is 6.71. The van der Waals surface area contributed by atoms with Crippen LogP contribution in [0, 0.1) is 0 Å². The van der Waals surface area contributed by atoms with E-state index >= 15 is 0 Å². The van der Waals surface area contributed by atoms with E-state index in [0.717, 1.165) is 25.7 Å². The molecule has 7 atom stereocenters. The smallest absolute Gasteiger partial charge is 0.220 e. The fourth-order valence-electron chi connectivity index (χ4n) is 9.28. The lowest BCUT2D eigenvalue weighted by Gasteiger charge is -2.51. The van der Waals surface area contributed by atoms with E-state index in [1.165, 1.54) is 148 Å². The quantitative estimate of drug-likeness (QED) is 0.0366. The molecule has 0 aromatic heterocycles. The first-order valence-electron chi connectivity index (χ1n) is 29.8. The zero-order chi connectivity index (χ0) is 53.4. The molecule has 1 rings (SSSR count). The van der Waals surface area contributed by atoms with Gasteiger partial charge in [-0.2, -0.15) is 0 Å². The first-order chi connectivity index (χ1) is 33.2. The van der Waals surface area contributed by atoms with Crippen LogP contribution in [0.4, 0.5) is 0 Å². The molecule has 422 valence electrons. The van der Waals surface area contributed by atoms with Gasteiger partial charge in [0.05, 0.1) is 25.4 Å². The van der Waals surface area contributed by atoms with Crippen LogP contribution in [0.25, 0.3) is 0 Å². The van der Waals surface area contributed by atoms with Crippen LogP contribution in [0.5, 0.6) is 0 Å². The van der Waals surface area contributed by atoms with Crippen LogP contribution in [0.2, 0.25) is 98.2 Å². The van der Waals surface area contributed by atoms with Gasteiger partial charge in [0.15, 0.2) is 47.9 Å². The van der Waals surface area contributed by atoms with Gasteiger partial charge in [0, 0.05) is 6.42 Å². The minimum Gasteiger partial charge on any atom is -0.415 e. The molecule has 1 heterocycles. The Morgan fingerprint density at radius 1 is 0.493 bits per heavy atom. The van der Waals surface area contributed by atoms with E-state index in [4.69, 9.17) is 31.6 Å². The molecule has 0 aliphatic carbocycles. The Kier molecular flexibility index (Phi) is 36.7. The highest BCUT2D eigenvalue weighted by atomic mass is 28.4. The summed E-state index contributed by atoms with van der Waals surface area (Å²) < 4.78 is 49.0. The zero-order valence-corrected chi connectivity index (χ0v) is 55.2. The van der Waals surface area contributed by atoms with Crippen LogP contribution in [0.1, 0.15) is 194 Å². The van der Waals surface area contributed by atoms with Crippen molar-refractivity contribution in [3.8, 4) is 0 Å². The van der Waals surface area contributed by atoms with E-state index in [-0.39, 0.29) is 24.7 Å². The van der Waals surface area contributed by atoms with Crippen LogP contribution >= 0.6 is 0 Å². The highest BCUT2D eigenvalue weighted by Crippen LogP contribution is 2.35. The third kappa shape index (κ3) is 39.1. The van der Waals surface area contributed by atoms with E-state index in [0.29, 0.717) is 13.0 Å². The minimum absolute atomic E-state index is 0.0562. The van der Waals surface area contributed by atoms with Crippen molar-refractivity contribution < 1.29 is 36.4 Å². The van der Waals surface area contributed by atoms with Gasteiger partial charge in [-0.05, 0) is 117 Å². The summed E-state index contributed by atoms with van der Waals surface area (Å²) in [5, 5.41) is 3.47. The average molecular weight is 1090 g/mol. The van der Waals surface area contributed by atoms with Crippen LogP contribution in [0.15, 0.2) is 12.2 Å². The van der Waals surface area contributed by atoms with Crippen molar-refractivity contribution in [3.63, 3.8) is 0 Å². The number of unbranched alkanes of at least 4 members (excludes halogenated alkanes) is 25. The maximum absolute atomic E-state index is 14.0. The van der Waals surface area contributed by atoms with Crippen LogP contribution < -0.4 is 5.32 Å². The third-order valence-corrected chi connectivity index (χ3v) is 17.7. The van der Waals surface area contributed by atoms with Gasteiger partial charge >= 0.3 is 0 Å². The van der Waals surface area contributed by atoms with Gasteiger partial charge in [-0.3, -0.25) is 4.79 Å². The molecule has 71 heavy (non-hydrogen) atoms. The van der Waals surface area contributed by atoms with Gasteiger partial charge in [0.25, 0.3) is 0 Å². The number of hydrogen-bond donors (Lipinski definition) is 1. The van der Waals surface area contributed by atoms with Crippen molar-refractivity contribution in [1.82, 2.24) is 5.32 Å². The summed E-state index contributed by atoms with van der Waals surface area (Å²) in [5.74, 6) is 0.0562. The van der Waals surface area contributed by atoms with Crippen molar-refractivity contribution in [2.45, 2.75) is 335 Å². The summed E-state index contributed by atoms with van der Waals surface area (Å²) in [5.41, 5.74) is 0. The molecule has 0 aromatic carbocycles. The number of rotatable bonds is 45. The normalized spacial score (nSPS) is 20.5. The van der Waals surface area contributed by atoms with Crippen molar-refractivity contribution >= 4 is 47.5 Å². The molecule has 7 unspecified atom stereocenters. The number of nitrogens with one attached hydrogen (secondary N) is 1. The molecule has 0 radical (unpaired) electrons. The van der Waals surface area contributed by atoms with E-state index in [1.54, 1.807) is 0 Å². The standard InChI is InChI=1S/C57H121NO8Si5/c1-18-20-22-24-26-28-30-32-33-35-37-39-41-43-45-47-53(59)58-50(51(63-68(6,7)8)46-44-42-40-38-36-34-31-29-27-25-23-21-19-2)48-60-57-56(66-71(15,16)17)55(65-70(12,13)14)54(64-69(9,10)11)52(62-57)49-61-67(3,4)5/h44,46,50-52,54-57H,18-43,45,47-49H2,1-17H3,(H,58,59). The molecule has 0 saturated carbocycles. The lowest BCUT2D eigenvalue weighted by atomic mass is 9.99. The molecule has 1 fully saturated rings. The van der Waals surface area contributed by atoms with Gasteiger partial charge < -0.3 is 36.9 Å². The monoisotopic (exact) mass is 1090 g/mol. The average Bonchev–Trinajstić information content (AvgIpc) is 3.24. The topological polar surface area (TPSA) is 93.7 Å². The SMILES string of the molecule is CCCCCCCCCCCCCC=CC(O[Si](C)(C)C)C(COC1OC(CO[Si](C)(C)C)C(O[Si](C)(C)C)C(O[Si](C)(C)C)C1O[Si](C)(C)C)NC(=O)CCCCCCCCCCCCCCCCC. The van der Waals surface area contributed by atoms with Gasteiger partial charge in [-0.15, -0.1) is 0 Å². The van der Waals surface area contributed by atoms with E-state index in [9.17, 15) is 4.79 Å². The second-order valence-electron chi connectivity index (χ2n) is 26.2. The molecule has 9 nitrogen and oxygen atoms in total. The summed E-state index contributed by atoms with van der Waals surface area (Å²) in [4.78, 5) is 14.0. The second-order valence-corrected chi connectivity index (χ2v) is 48.6. The fraction of sp³-hybridized carbons (Fsp3) is 0.947. The van der Waals surface area contributed by atoms with Crippen LogP contribution in [-0.4, -0.2) is 104 Å². The predicted octanol–water partition coefficient (Wildman–Crippen LogP) is 17.5. The lowest BCUT2D eigenvalue weighted by molar-refractivity contribution is -0.292. The minimum atomic E-state index is -2.18. The van der Waals surface area contributed by atoms with E-state index in [1.807, 2.05) is 0 Å². The molecular weight excluding hydrogens is 967 g/mol. The van der Waals surface area contributed by atoms with E-state index < -0.39 is 72.2 Å². The summed E-state index contributed by atoms with van der Waals surface area (Å²) in [6.45, 7) is 38.5. The lowest BCUT2D eigenvalue weighted by Crippen LogP contribution is -2.66. The Bertz CT molecular complexity index is 1340. The number of hydrogen-bond acceptors (Lipinski definition) is 8. The number of carbonyl (C=O) groups excluding carboxylic acids is 1. The van der Waals surface area contributed by atoms with Gasteiger partial charge in [0.1, 0.15) is 24.4 Å². The summed E-state index contributed by atoms with van der Waals surface area (Å²) in [7, 11) is -10.4. The third-order valence-electron chi connectivity index (χ3n) is 12.7. The Labute approximate surface area is 447 Å². The van der Waals surface area contributed by atoms with Crippen molar-refractivity contribution in [2.75, 3.05) is 13.2 Å². The molecule has 0 bridgehead atoms. The first-order valence-corrected chi connectivity index (χ1v) is 46.9. The first kappa shape index (κ1) is 69.0. The Morgan fingerprint density at radius 3 is 1.30 bits per heavy atom. The Hall–Kier alpha value is 0.0144. The zero-order valence-electron chi connectivity index (χ0n) is 50.2. The van der Waals surface area contributed by atoms with Crippen LogP contribution in [-0.2, 0) is 36.4 Å². The number of amides is 1. The van der Waals surface area contributed by atoms with Gasteiger partial charge in [0.2, 0.25) is 5.91 Å². The molecule has 1 aliphatic rings. The molecule has 1 N–H and O–H groups in total. The molecule has 14 heteroatoms. The molecular formula is C57H121NO8Si5. The number of carbonyl (C=O) groups is 1. The number of allylic oxidation sites excluding steroid dienone is 1. The van der Waals surface area contributed by atoms with Crippen molar-refractivity contribution in [1.29, 1.82) is 0 Å². The summed E-state index contributed by atoms with van der Waals surface area (Å²) in [6, 6.07) is -0.417. The maximum Gasteiger partial charge on any atom is 0.220 e. The van der Waals surface area contributed by atoms with Gasteiger partial charge in [-0.25, -0.2) is 0 Å². The largest absolute Gasteiger partial charge is 0.415 e. The summed E-state index contributed by atoms with van der Waals surface area (Å²) >= 11 is 0. The predicted molar refractivity (Wildman–Crippen MR) is 318 cm³/mol. The number of ether oxygens (including phenoxy) is 2. The molecule has 1 aliphatic heterocycles. The van der Waals surface area contributed by atoms with Gasteiger partial charge in [-0.1, -0.05) is 180 Å². The highest BCUT2D eigenvalue weighted by Gasteiger charge is 2.52. The molecule has 1 amide bonds. The maximum atomic E-state index is 14.0. The molecule has 1 saturated heterocycles. The fourth-order valence-corrected chi connectivity index (χ4v) is 14.3. The Balaban J connectivity index is 3.30. The Morgan fingerprint density at radius 2 is 0.887 bits per heavy atom. The van der Waals surface area contributed by atoms with Crippen LogP contribution in [0.3, 0.4) is 0 Å². The van der Waals surface area contributed by atoms with Crippen molar-refractivity contribution in [3.05, 3.63) is 12.2 Å². The molecule has 0 aromatic rings.